The van der Waals surface area contributed by atoms with E-state index in [0.29, 0.717) is 17.3 Å². The van der Waals surface area contributed by atoms with Gasteiger partial charge in [0.1, 0.15) is 17.3 Å². The monoisotopic (exact) mass is 474 g/mol. The van der Waals surface area contributed by atoms with Gasteiger partial charge in [-0.1, -0.05) is 54.4 Å². The van der Waals surface area contributed by atoms with Crippen molar-refractivity contribution < 1.29 is 19.3 Å². The fourth-order valence-corrected chi connectivity index (χ4v) is 10.1. The molecule has 2 bridgehead atoms. The van der Waals surface area contributed by atoms with Gasteiger partial charge in [-0.15, -0.1) is 0 Å². The Morgan fingerprint density at radius 1 is 0.912 bits per heavy atom. The fourth-order valence-electron chi connectivity index (χ4n) is 10.1. The molecule has 0 aromatic rings. The summed E-state index contributed by atoms with van der Waals surface area (Å²) in [5.41, 5.74) is 0.0855. The average molecular weight is 475 g/mol. The summed E-state index contributed by atoms with van der Waals surface area (Å²) in [6.07, 6.45) is 12.9. The van der Waals surface area contributed by atoms with Gasteiger partial charge < -0.3 is 4.74 Å². The van der Waals surface area contributed by atoms with Gasteiger partial charge in [0.05, 0.1) is 0 Å². The van der Waals surface area contributed by atoms with Crippen molar-refractivity contribution in [2.24, 2.45) is 46.3 Å². The van der Waals surface area contributed by atoms with Crippen molar-refractivity contribution in [1.29, 1.82) is 0 Å². The number of carbonyl (C=O) groups excluding carboxylic acids is 1. The zero-order chi connectivity index (χ0) is 24.5. The molecule has 4 saturated carbocycles. The minimum Gasteiger partial charge on any atom is -0.462 e. The van der Waals surface area contributed by atoms with E-state index >= 15 is 0 Å². The van der Waals surface area contributed by atoms with E-state index in [0.717, 1.165) is 55.8 Å². The van der Waals surface area contributed by atoms with Gasteiger partial charge in [-0.05, 0) is 92.3 Å². The molecule has 6 aliphatic rings. The summed E-state index contributed by atoms with van der Waals surface area (Å²) < 4.78 is 5.67. The van der Waals surface area contributed by atoms with Crippen molar-refractivity contribution in [3.63, 3.8) is 0 Å². The maximum atomic E-state index is 11.7. The van der Waals surface area contributed by atoms with Crippen LogP contribution in [-0.2, 0) is 19.3 Å². The summed E-state index contributed by atoms with van der Waals surface area (Å²) >= 11 is 0. The summed E-state index contributed by atoms with van der Waals surface area (Å²) in [5, 5.41) is 0. The van der Waals surface area contributed by atoms with Gasteiger partial charge in [-0.3, -0.25) is 4.79 Å². The quantitative estimate of drug-likeness (QED) is 0.295. The van der Waals surface area contributed by atoms with Gasteiger partial charge in [0, 0.05) is 18.8 Å². The molecule has 0 aromatic heterocycles. The molecule has 0 aromatic carbocycles. The van der Waals surface area contributed by atoms with Crippen LogP contribution in [0.1, 0.15) is 119 Å². The van der Waals surface area contributed by atoms with E-state index in [4.69, 9.17) is 14.5 Å². The molecule has 4 nitrogen and oxygen atoms in total. The molecule has 4 aliphatic carbocycles. The number of ether oxygens (including phenoxy) is 1. The molecule has 2 saturated heterocycles. The third-order valence-corrected chi connectivity index (χ3v) is 12.4. The predicted molar refractivity (Wildman–Crippen MR) is 134 cm³/mol. The predicted octanol–water partition coefficient (Wildman–Crippen LogP) is 7.49. The van der Waals surface area contributed by atoms with E-state index in [2.05, 4.69) is 41.5 Å². The Morgan fingerprint density at radius 2 is 1.68 bits per heavy atom. The first-order valence-corrected chi connectivity index (χ1v) is 14.5. The Hall–Kier alpha value is -0.610. The Kier molecular flexibility index (Phi) is 6.24. The van der Waals surface area contributed by atoms with Crippen LogP contribution in [0.5, 0.6) is 0 Å². The zero-order valence-corrected chi connectivity index (χ0v) is 23.0. The highest BCUT2D eigenvalue weighted by Crippen LogP contribution is 2.74. The second kappa shape index (κ2) is 8.47. The summed E-state index contributed by atoms with van der Waals surface area (Å²) in [5.74, 6) is 4.17. The van der Waals surface area contributed by atoms with E-state index in [9.17, 15) is 4.79 Å². The lowest BCUT2D eigenvalue weighted by Crippen LogP contribution is -2.75. The van der Waals surface area contributed by atoms with E-state index in [-0.39, 0.29) is 28.7 Å². The molecule has 4 heteroatoms. The van der Waals surface area contributed by atoms with Crippen molar-refractivity contribution in [3.05, 3.63) is 0 Å². The van der Waals surface area contributed by atoms with Crippen LogP contribution in [0.25, 0.3) is 0 Å². The van der Waals surface area contributed by atoms with Crippen molar-refractivity contribution in [1.82, 2.24) is 0 Å². The van der Waals surface area contributed by atoms with Gasteiger partial charge in [-0.25, -0.2) is 9.78 Å². The normalized spacial score (nSPS) is 49.2. The van der Waals surface area contributed by atoms with Gasteiger partial charge in [-0.2, -0.15) is 0 Å². The van der Waals surface area contributed by atoms with Crippen LogP contribution in [0.2, 0.25) is 0 Å². The minimum absolute atomic E-state index is 0.0291. The highest BCUT2D eigenvalue weighted by atomic mass is 17.2. The summed E-state index contributed by atoms with van der Waals surface area (Å²) in [6.45, 7) is 16.3. The number of hydrogen-bond donors (Lipinski definition) is 0. The molecular formula is C30H50O4. The SMILES string of the molecule is CC(=O)O[C@@H]1CC[C@]2(C)[C@@H]3CC[C@]4(C)[C@@H]([C@H](C)CC[C@H](C)C(C)C)CC[C@H]4[C@@]34CC[C@]2(C1)OO4. The molecular weight excluding hydrogens is 424 g/mol. The molecule has 0 radical (unpaired) electrons. The summed E-state index contributed by atoms with van der Waals surface area (Å²) in [6, 6.07) is 0. The average Bonchev–Trinajstić information content (AvgIpc) is 3.14. The standard InChI is InChI=1S/C30H50O4/c1-19(2)20(3)8-9-21(4)24-10-11-25-27(24,6)14-13-26-28(7)15-12-23(32-22(5)31)18-29(28)16-17-30(25,26)34-33-29/h19-21,23-26H,8-18H2,1-7H3/t20-,21+,23+,24+,25+,26-,27+,28+,29+,30-/m0/s1. The largest absolute Gasteiger partial charge is 0.462 e. The van der Waals surface area contributed by atoms with Crippen molar-refractivity contribution in [2.75, 3.05) is 0 Å². The lowest BCUT2D eigenvalue weighted by atomic mass is 9.40. The van der Waals surface area contributed by atoms with Crippen molar-refractivity contribution in [2.45, 2.75) is 136 Å². The number of rotatable bonds is 6. The Morgan fingerprint density at radius 3 is 2.32 bits per heavy atom. The minimum atomic E-state index is -0.288. The maximum Gasteiger partial charge on any atom is 0.302 e. The van der Waals surface area contributed by atoms with E-state index in [1.165, 1.54) is 45.4 Å². The van der Waals surface area contributed by atoms with Crippen LogP contribution < -0.4 is 0 Å². The Bertz CT molecular complexity index is 783. The molecule has 2 aliphatic heterocycles. The highest BCUT2D eigenvalue weighted by molar-refractivity contribution is 5.66. The van der Waals surface area contributed by atoms with Crippen molar-refractivity contribution >= 4 is 5.97 Å². The first-order chi connectivity index (χ1) is 16.0. The van der Waals surface area contributed by atoms with Gasteiger partial charge in [0.2, 0.25) is 0 Å². The lowest BCUT2D eigenvalue weighted by molar-refractivity contribution is -0.536. The van der Waals surface area contributed by atoms with E-state index in [1.807, 2.05) is 0 Å². The van der Waals surface area contributed by atoms with Crippen LogP contribution in [-0.4, -0.2) is 23.3 Å². The van der Waals surface area contributed by atoms with Crippen LogP contribution in [0.3, 0.4) is 0 Å². The zero-order valence-electron chi connectivity index (χ0n) is 23.0. The second-order valence-electron chi connectivity index (χ2n) is 14.1. The maximum absolute atomic E-state index is 11.7. The van der Waals surface area contributed by atoms with E-state index in [1.54, 1.807) is 0 Å². The van der Waals surface area contributed by atoms with Crippen LogP contribution in [0, 0.1) is 46.3 Å². The Labute approximate surface area is 208 Å². The smallest absolute Gasteiger partial charge is 0.302 e. The molecule has 0 N–H and O–H groups in total. The molecule has 2 spiro atoms. The lowest BCUT2D eigenvalue weighted by Gasteiger charge is -2.72. The highest BCUT2D eigenvalue weighted by Gasteiger charge is 2.76. The third-order valence-electron chi connectivity index (χ3n) is 12.4. The molecule has 6 fully saturated rings. The topological polar surface area (TPSA) is 44.8 Å². The molecule has 194 valence electrons. The van der Waals surface area contributed by atoms with Gasteiger partial charge >= 0.3 is 5.97 Å². The number of hydrogen-bond acceptors (Lipinski definition) is 4. The third kappa shape index (κ3) is 3.47. The molecule has 6 rings (SSSR count). The molecule has 34 heavy (non-hydrogen) atoms. The first kappa shape index (κ1) is 25.1. The fraction of sp³-hybridized carbons (Fsp3) is 0.967. The van der Waals surface area contributed by atoms with Crippen LogP contribution >= 0.6 is 0 Å². The number of fused-ring (bicyclic) bond motifs is 3. The van der Waals surface area contributed by atoms with E-state index < -0.39 is 0 Å². The van der Waals surface area contributed by atoms with Gasteiger partial charge in [0.25, 0.3) is 0 Å². The molecule has 2 heterocycles. The summed E-state index contributed by atoms with van der Waals surface area (Å²) in [4.78, 5) is 24.8. The Balaban J connectivity index is 1.36. The first-order valence-electron chi connectivity index (χ1n) is 14.5. The number of carbonyl (C=O) groups is 1. The van der Waals surface area contributed by atoms with Gasteiger partial charge in [0.15, 0.2) is 0 Å². The molecule has 0 amide bonds. The molecule has 0 unspecified atom stereocenters. The van der Waals surface area contributed by atoms with Crippen molar-refractivity contribution in [3.8, 4) is 0 Å². The van der Waals surface area contributed by atoms with Crippen LogP contribution in [0.4, 0.5) is 0 Å². The molecule has 10 atom stereocenters. The van der Waals surface area contributed by atoms with Crippen LogP contribution in [0.15, 0.2) is 0 Å². The number of esters is 1. The summed E-state index contributed by atoms with van der Waals surface area (Å²) in [7, 11) is 0. The second-order valence-corrected chi connectivity index (χ2v) is 14.1.